The van der Waals surface area contributed by atoms with E-state index in [9.17, 15) is 22.4 Å². The normalized spacial score (nSPS) is 10.9. The molecule has 172 valence electrons. The Morgan fingerprint density at radius 3 is 2.36 bits per heavy atom. The largest absolute Gasteiger partial charge is 0.495 e. The summed E-state index contributed by atoms with van der Waals surface area (Å²) < 4.78 is 45.9. The van der Waals surface area contributed by atoms with Crippen LogP contribution in [0.4, 0.5) is 15.8 Å². The van der Waals surface area contributed by atoms with Crippen molar-refractivity contribution in [1.29, 1.82) is 0 Å². The van der Waals surface area contributed by atoms with Gasteiger partial charge in [-0.1, -0.05) is 18.2 Å². The third kappa shape index (κ3) is 6.07. The number of carbonyl (C=O) groups excluding carboxylic acids is 2. The van der Waals surface area contributed by atoms with E-state index in [-0.39, 0.29) is 34.5 Å². The minimum absolute atomic E-state index is 0.0728. The lowest BCUT2D eigenvalue weighted by molar-refractivity contribution is -0.115. The molecular weight excluding hydrogens is 449 g/mol. The number of benzene rings is 3. The number of ether oxygens (including phenoxy) is 1. The fourth-order valence-corrected chi connectivity index (χ4v) is 4.03. The number of methoxy groups -OCH3 is 1. The molecule has 0 atom stereocenters. The number of hydrogen-bond donors (Lipinski definition) is 3. The van der Waals surface area contributed by atoms with Crippen LogP contribution in [0.5, 0.6) is 5.75 Å². The summed E-state index contributed by atoms with van der Waals surface area (Å²) in [6.45, 7) is 1.51. The lowest BCUT2D eigenvalue weighted by Crippen LogP contribution is -2.33. The maximum Gasteiger partial charge on any atom is 0.262 e. The molecule has 3 rings (SSSR count). The molecule has 2 amide bonds. The molecule has 0 aliphatic heterocycles. The van der Waals surface area contributed by atoms with Crippen LogP contribution in [0.1, 0.15) is 15.9 Å². The summed E-state index contributed by atoms with van der Waals surface area (Å²) in [5, 5.41) is 5.14. The van der Waals surface area contributed by atoms with Crippen molar-refractivity contribution in [1.82, 2.24) is 5.32 Å². The molecule has 0 aromatic heterocycles. The van der Waals surface area contributed by atoms with Gasteiger partial charge in [-0.15, -0.1) is 0 Å². The first-order valence-corrected chi connectivity index (χ1v) is 11.3. The standard InChI is InChI=1S/C23H22FN3O5S/c1-15-5-3-4-6-19(15)23(29)25-14-22(28)26-17-9-12-21(32-2)20(13-17)27-33(30,31)18-10-7-16(24)8-11-18/h3-13,27H,14H2,1-2H3,(H,25,29)(H,26,28). The van der Waals surface area contributed by atoms with E-state index in [1.807, 2.05) is 6.07 Å². The number of nitrogens with one attached hydrogen (secondary N) is 3. The molecule has 0 heterocycles. The van der Waals surface area contributed by atoms with Crippen molar-refractivity contribution in [3.63, 3.8) is 0 Å². The monoisotopic (exact) mass is 471 g/mol. The van der Waals surface area contributed by atoms with Crippen LogP contribution in [0.3, 0.4) is 0 Å². The Balaban J connectivity index is 1.70. The summed E-state index contributed by atoms with van der Waals surface area (Å²) in [5.74, 6) is -1.24. The maximum atomic E-state index is 13.1. The Morgan fingerprint density at radius 2 is 1.70 bits per heavy atom. The smallest absolute Gasteiger partial charge is 0.262 e. The average molecular weight is 472 g/mol. The van der Waals surface area contributed by atoms with E-state index in [2.05, 4.69) is 15.4 Å². The summed E-state index contributed by atoms with van der Waals surface area (Å²) in [4.78, 5) is 24.4. The van der Waals surface area contributed by atoms with Crippen molar-refractivity contribution in [2.45, 2.75) is 11.8 Å². The molecule has 0 unspecified atom stereocenters. The average Bonchev–Trinajstić information content (AvgIpc) is 2.78. The van der Waals surface area contributed by atoms with Crippen LogP contribution in [0.25, 0.3) is 0 Å². The molecule has 3 aromatic carbocycles. The Hall–Kier alpha value is -3.92. The second-order valence-corrected chi connectivity index (χ2v) is 8.70. The molecule has 0 aliphatic rings. The first-order valence-electron chi connectivity index (χ1n) is 9.80. The number of anilines is 2. The molecule has 0 saturated carbocycles. The third-order valence-corrected chi connectivity index (χ3v) is 6.03. The zero-order valence-electron chi connectivity index (χ0n) is 17.9. The van der Waals surface area contributed by atoms with Crippen LogP contribution in [0.15, 0.2) is 71.6 Å². The van der Waals surface area contributed by atoms with Gasteiger partial charge < -0.3 is 15.4 Å². The minimum atomic E-state index is -4.03. The Kier molecular flexibility index (Phi) is 7.29. The number of hydrogen-bond acceptors (Lipinski definition) is 5. The highest BCUT2D eigenvalue weighted by molar-refractivity contribution is 7.92. The highest BCUT2D eigenvalue weighted by Crippen LogP contribution is 2.30. The van der Waals surface area contributed by atoms with Gasteiger partial charge in [0.15, 0.2) is 0 Å². The Morgan fingerprint density at radius 1 is 1.00 bits per heavy atom. The van der Waals surface area contributed by atoms with E-state index >= 15 is 0 Å². The van der Waals surface area contributed by atoms with Gasteiger partial charge in [0.2, 0.25) is 5.91 Å². The number of rotatable bonds is 8. The SMILES string of the molecule is COc1ccc(NC(=O)CNC(=O)c2ccccc2C)cc1NS(=O)(=O)c1ccc(F)cc1. The Labute approximate surface area is 190 Å². The fraction of sp³-hybridized carbons (Fsp3) is 0.130. The van der Waals surface area contributed by atoms with Crippen molar-refractivity contribution in [2.24, 2.45) is 0 Å². The van der Waals surface area contributed by atoms with Gasteiger partial charge in [0.1, 0.15) is 11.6 Å². The molecule has 33 heavy (non-hydrogen) atoms. The first-order chi connectivity index (χ1) is 15.7. The molecule has 3 N–H and O–H groups in total. The minimum Gasteiger partial charge on any atom is -0.495 e. The number of halogens is 1. The van der Waals surface area contributed by atoms with Crippen LogP contribution in [-0.4, -0.2) is 33.9 Å². The lowest BCUT2D eigenvalue weighted by Gasteiger charge is -2.14. The number of sulfonamides is 1. The zero-order valence-corrected chi connectivity index (χ0v) is 18.7. The molecule has 10 heteroatoms. The number of amides is 2. The molecule has 0 spiro atoms. The molecule has 0 fully saturated rings. The highest BCUT2D eigenvalue weighted by Gasteiger charge is 2.18. The van der Waals surface area contributed by atoms with Crippen LogP contribution >= 0.6 is 0 Å². The summed E-state index contributed by atoms with van der Waals surface area (Å²) in [7, 11) is -2.67. The second kappa shape index (κ2) is 10.1. The van der Waals surface area contributed by atoms with Gasteiger partial charge in [-0.3, -0.25) is 14.3 Å². The highest BCUT2D eigenvalue weighted by atomic mass is 32.2. The van der Waals surface area contributed by atoms with E-state index < -0.39 is 21.7 Å². The number of aryl methyl sites for hydroxylation is 1. The maximum absolute atomic E-state index is 13.1. The van der Waals surface area contributed by atoms with Crippen molar-refractivity contribution in [2.75, 3.05) is 23.7 Å². The van der Waals surface area contributed by atoms with Crippen molar-refractivity contribution < 1.29 is 27.1 Å². The second-order valence-electron chi connectivity index (χ2n) is 7.02. The van der Waals surface area contributed by atoms with E-state index in [1.54, 1.807) is 25.1 Å². The predicted molar refractivity (Wildman–Crippen MR) is 122 cm³/mol. The molecular formula is C23H22FN3O5S. The summed E-state index contributed by atoms with van der Waals surface area (Å²) >= 11 is 0. The topological polar surface area (TPSA) is 114 Å². The molecule has 8 nitrogen and oxygen atoms in total. The molecule has 3 aromatic rings. The fourth-order valence-electron chi connectivity index (χ4n) is 2.97. The van der Waals surface area contributed by atoms with Gasteiger partial charge in [-0.05, 0) is 61.0 Å². The third-order valence-electron chi connectivity index (χ3n) is 4.65. The molecule has 0 radical (unpaired) electrons. The van der Waals surface area contributed by atoms with E-state index in [0.29, 0.717) is 5.56 Å². The van der Waals surface area contributed by atoms with E-state index in [0.717, 1.165) is 29.8 Å². The van der Waals surface area contributed by atoms with E-state index in [4.69, 9.17) is 4.74 Å². The quantitative estimate of drug-likeness (QED) is 0.467. The summed E-state index contributed by atoms with van der Waals surface area (Å²) in [6.07, 6.45) is 0. The van der Waals surface area contributed by atoms with Crippen LogP contribution < -0.4 is 20.1 Å². The molecule has 0 aliphatic carbocycles. The van der Waals surface area contributed by atoms with Crippen molar-refractivity contribution in [3.8, 4) is 5.75 Å². The predicted octanol–water partition coefficient (Wildman–Crippen LogP) is 3.31. The van der Waals surface area contributed by atoms with Crippen LogP contribution in [0.2, 0.25) is 0 Å². The van der Waals surface area contributed by atoms with Gasteiger partial charge in [0.05, 0.1) is 24.2 Å². The zero-order chi connectivity index (χ0) is 24.0. The summed E-state index contributed by atoms with van der Waals surface area (Å²) in [6, 6.07) is 15.7. The van der Waals surface area contributed by atoms with Gasteiger partial charge in [0, 0.05) is 11.3 Å². The first kappa shape index (κ1) is 23.7. The van der Waals surface area contributed by atoms with Crippen LogP contribution in [-0.2, 0) is 14.8 Å². The van der Waals surface area contributed by atoms with Crippen molar-refractivity contribution in [3.05, 3.63) is 83.7 Å². The van der Waals surface area contributed by atoms with Crippen LogP contribution in [0, 0.1) is 12.7 Å². The molecule has 0 bridgehead atoms. The lowest BCUT2D eigenvalue weighted by atomic mass is 10.1. The van der Waals surface area contributed by atoms with Gasteiger partial charge >= 0.3 is 0 Å². The number of carbonyl (C=O) groups is 2. The Bertz CT molecular complexity index is 1280. The van der Waals surface area contributed by atoms with Gasteiger partial charge in [-0.2, -0.15) is 0 Å². The van der Waals surface area contributed by atoms with E-state index in [1.165, 1.54) is 25.3 Å². The van der Waals surface area contributed by atoms with Crippen molar-refractivity contribution >= 4 is 33.2 Å². The summed E-state index contributed by atoms with van der Waals surface area (Å²) in [5.41, 5.74) is 1.60. The van der Waals surface area contributed by atoms with Gasteiger partial charge in [0.25, 0.3) is 15.9 Å². The van der Waals surface area contributed by atoms with Gasteiger partial charge in [-0.25, -0.2) is 12.8 Å². The molecule has 0 saturated heterocycles.